The number of rotatable bonds is 3. The van der Waals surface area contributed by atoms with E-state index in [-0.39, 0.29) is 18.0 Å². The van der Waals surface area contributed by atoms with Gasteiger partial charge in [-0.3, -0.25) is 14.2 Å². The van der Waals surface area contributed by atoms with Gasteiger partial charge in [-0.25, -0.2) is 4.98 Å². The van der Waals surface area contributed by atoms with Crippen LogP contribution >= 0.6 is 31.9 Å². The van der Waals surface area contributed by atoms with Crippen LogP contribution in [-0.4, -0.2) is 15.5 Å². The Morgan fingerprint density at radius 3 is 2.60 bits per heavy atom. The summed E-state index contributed by atoms with van der Waals surface area (Å²) in [4.78, 5) is 27.8. The van der Waals surface area contributed by atoms with E-state index in [9.17, 15) is 9.59 Å². The maximum atomic E-state index is 11.9. The molecule has 2 aromatic rings. The molecule has 7 heteroatoms. The molecule has 20 heavy (non-hydrogen) atoms. The lowest BCUT2D eigenvalue weighted by molar-refractivity contribution is -0.116. The quantitative estimate of drug-likeness (QED) is 0.861. The molecule has 0 spiro atoms. The number of carbonyl (C=O) groups excluding carboxylic acids is 1. The van der Waals surface area contributed by atoms with E-state index in [1.54, 1.807) is 19.1 Å². The Morgan fingerprint density at radius 2 is 1.95 bits per heavy atom. The monoisotopic (exact) mass is 399 g/mol. The number of nitrogens with zero attached hydrogens (tertiary/aromatic N) is 2. The van der Waals surface area contributed by atoms with Crippen LogP contribution in [0.15, 0.2) is 44.3 Å². The molecule has 1 aromatic carbocycles. The van der Waals surface area contributed by atoms with Gasteiger partial charge in [0.1, 0.15) is 11.0 Å². The summed E-state index contributed by atoms with van der Waals surface area (Å²) in [5.41, 5.74) is 0.994. The van der Waals surface area contributed by atoms with Crippen LogP contribution in [0.4, 0.5) is 5.69 Å². The third-order valence-corrected chi connectivity index (χ3v) is 4.04. The first-order valence-corrected chi connectivity index (χ1v) is 7.33. The lowest BCUT2D eigenvalue weighted by Crippen LogP contribution is -2.28. The fraction of sp³-hybridized carbons (Fsp3) is 0.154. The molecule has 0 radical (unpaired) electrons. The van der Waals surface area contributed by atoms with Crippen molar-refractivity contribution in [1.29, 1.82) is 0 Å². The van der Waals surface area contributed by atoms with Crippen molar-refractivity contribution in [3.05, 3.63) is 55.6 Å². The average Bonchev–Trinajstić information content (AvgIpc) is 2.42. The van der Waals surface area contributed by atoms with Crippen LogP contribution in [0.5, 0.6) is 0 Å². The Labute approximate surface area is 132 Å². The maximum Gasteiger partial charge on any atom is 0.268 e. The summed E-state index contributed by atoms with van der Waals surface area (Å²) in [6, 6.07) is 7.19. The summed E-state index contributed by atoms with van der Waals surface area (Å²) in [6.07, 6.45) is 1.36. The SMILES string of the molecule is Cc1ncn(CC(=O)Nc2ccc(Br)cc2)c(=O)c1Br. The predicted molar refractivity (Wildman–Crippen MR) is 83.7 cm³/mol. The molecular formula is C13H11Br2N3O2. The minimum atomic E-state index is -0.285. The molecule has 0 bridgehead atoms. The second kappa shape index (κ2) is 6.32. The summed E-state index contributed by atoms with van der Waals surface area (Å²) < 4.78 is 2.56. The number of aromatic nitrogens is 2. The van der Waals surface area contributed by atoms with E-state index in [4.69, 9.17) is 0 Å². The minimum absolute atomic E-state index is 0.0826. The first-order valence-electron chi connectivity index (χ1n) is 5.74. The molecule has 0 saturated carbocycles. The van der Waals surface area contributed by atoms with Crippen molar-refractivity contribution in [1.82, 2.24) is 9.55 Å². The number of hydrogen-bond donors (Lipinski definition) is 1. The van der Waals surface area contributed by atoms with Crippen molar-refractivity contribution in [3.8, 4) is 0 Å². The predicted octanol–water partition coefficient (Wildman–Crippen LogP) is 2.72. The summed E-state index contributed by atoms with van der Waals surface area (Å²) in [6.45, 7) is 1.64. The molecule has 1 aromatic heterocycles. The maximum absolute atomic E-state index is 11.9. The highest BCUT2D eigenvalue weighted by molar-refractivity contribution is 9.10. The van der Waals surface area contributed by atoms with E-state index in [0.29, 0.717) is 15.9 Å². The second-order valence-corrected chi connectivity index (χ2v) is 5.84. The van der Waals surface area contributed by atoms with E-state index in [2.05, 4.69) is 42.2 Å². The zero-order valence-electron chi connectivity index (χ0n) is 10.6. The van der Waals surface area contributed by atoms with Gasteiger partial charge in [-0.05, 0) is 47.1 Å². The zero-order chi connectivity index (χ0) is 14.7. The van der Waals surface area contributed by atoms with Gasteiger partial charge in [0.2, 0.25) is 5.91 Å². The summed E-state index contributed by atoms with van der Waals surface area (Å²) in [7, 11) is 0. The van der Waals surface area contributed by atoms with Gasteiger partial charge in [0.15, 0.2) is 0 Å². The summed E-state index contributed by atoms with van der Waals surface area (Å²) in [5, 5.41) is 2.72. The van der Waals surface area contributed by atoms with Gasteiger partial charge in [-0.15, -0.1) is 0 Å². The second-order valence-electron chi connectivity index (χ2n) is 4.13. The van der Waals surface area contributed by atoms with Crippen LogP contribution in [0.1, 0.15) is 5.69 Å². The molecule has 1 N–H and O–H groups in total. The van der Waals surface area contributed by atoms with Gasteiger partial charge in [0, 0.05) is 10.2 Å². The number of anilines is 1. The molecule has 1 amide bonds. The van der Waals surface area contributed by atoms with Crippen LogP contribution < -0.4 is 10.9 Å². The molecule has 5 nitrogen and oxygen atoms in total. The molecule has 0 saturated heterocycles. The molecule has 0 atom stereocenters. The van der Waals surface area contributed by atoms with Gasteiger partial charge in [0.25, 0.3) is 5.56 Å². The molecule has 0 fully saturated rings. The van der Waals surface area contributed by atoms with Gasteiger partial charge in [-0.2, -0.15) is 0 Å². The van der Waals surface area contributed by atoms with Crippen molar-refractivity contribution in [2.75, 3.05) is 5.32 Å². The third kappa shape index (κ3) is 3.55. The molecule has 2 rings (SSSR count). The number of carbonyl (C=O) groups is 1. The van der Waals surface area contributed by atoms with Gasteiger partial charge in [-0.1, -0.05) is 15.9 Å². The number of nitrogens with one attached hydrogen (secondary N) is 1. The Balaban J connectivity index is 2.11. The van der Waals surface area contributed by atoms with Crippen molar-refractivity contribution in [3.63, 3.8) is 0 Å². The van der Waals surface area contributed by atoms with E-state index < -0.39 is 0 Å². The molecule has 104 valence electrons. The van der Waals surface area contributed by atoms with E-state index >= 15 is 0 Å². The fourth-order valence-corrected chi connectivity index (χ4v) is 2.14. The van der Waals surface area contributed by atoms with Crippen LogP contribution in [0, 0.1) is 6.92 Å². The van der Waals surface area contributed by atoms with Crippen molar-refractivity contribution in [2.45, 2.75) is 13.5 Å². The molecule has 1 heterocycles. The van der Waals surface area contributed by atoms with Crippen LogP contribution in [0.25, 0.3) is 0 Å². The summed E-state index contributed by atoms with van der Waals surface area (Å²) >= 11 is 6.48. The lowest BCUT2D eigenvalue weighted by atomic mass is 10.3. The number of benzene rings is 1. The smallest absolute Gasteiger partial charge is 0.268 e. The fourth-order valence-electron chi connectivity index (χ4n) is 1.55. The number of amides is 1. The highest BCUT2D eigenvalue weighted by Gasteiger charge is 2.09. The highest BCUT2D eigenvalue weighted by Crippen LogP contribution is 2.14. The molecule has 0 aliphatic carbocycles. The van der Waals surface area contributed by atoms with Crippen LogP contribution in [-0.2, 0) is 11.3 Å². The average molecular weight is 401 g/mol. The Morgan fingerprint density at radius 1 is 1.30 bits per heavy atom. The highest BCUT2D eigenvalue weighted by atomic mass is 79.9. The van der Waals surface area contributed by atoms with Crippen molar-refractivity contribution < 1.29 is 4.79 Å². The third-order valence-electron chi connectivity index (χ3n) is 2.60. The Kier molecular flexibility index (Phi) is 4.72. The zero-order valence-corrected chi connectivity index (χ0v) is 13.7. The van der Waals surface area contributed by atoms with Crippen molar-refractivity contribution in [2.24, 2.45) is 0 Å². The first kappa shape index (κ1) is 14.9. The Bertz CT molecular complexity index is 696. The molecule has 0 unspecified atom stereocenters. The standard InChI is InChI=1S/C13H11Br2N3O2/c1-8-12(15)13(20)18(7-16-8)6-11(19)17-10-4-2-9(14)3-5-10/h2-5,7H,6H2,1H3,(H,17,19). The summed E-state index contributed by atoms with van der Waals surface area (Å²) in [5.74, 6) is -0.285. The lowest BCUT2D eigenvalue weighted by Gasteiger charge is -2.08. The van der Waals surface area contributed by atoms with E-state index in [0.717, 1.165) is 4.47 Å². The molecular weight excluding hydrogens is 390 g/mol. The van der Waals surface area contributed by atoms with Crippen LogP contribution in [0.2, 0.25) is 0 Å². The Hall–Kier alpha value is -1.47. The molecule has 0 aliphatic heterocycles. The normalized spacial score (nSPS) is 10.3. The van der Waals surface area contributed by atoms with Gasteiger partial charge >= 0.3 is 0 Å². The topological polar surface area (TPSA) is 64.0 Å². The van der Waals surface area contributed by atoms with E-state index in [1.165, 1.54) is 10.9 Å². The number of halogens is 2. The number of hydrogen-bond acceptors (Lipinski definition) is 3. The minimum Gasteiger partial charge on any atom is -0.325 e. The first-order chi connectivity index (χ1) is 9.47. The van der Waals surface area contributed by atoms with Gasteiger partial charge < -0.3 is 5.32 Å². The van der Waals surface area contributed by atoms with Crippen LogP contribution in [0.3, 0.4) is 0 Å². The molecule has 0 aliphatic rings. The largest absolute Gasteiger partial charge is 0.325 e. The van der Waals surface area contributed by atoms with Crippen molar-refractivity contribution >= 4 is 43.5 Å². The van der Waals surface area contributed by atoms with E-state index in [1.807, 2.05) is 12.1 Å². The van der Waals surface area contributed by atoms with Gasteiger partial charge in [0.05, 0.1) is 12.0 Å². The number of aryl methyl sites for hydroxylation is 1.